The molecule has 0 amide bonds. The Balaban J connectivity index is 3.14. The Morgan fingerprint density at radius 1 is 1.56 bits per heavy atom. The van der Waals surface area contributed by atoms with Crippen LogP contribution in [0, 0.1) is 0 Å². The highest BCUT2D eigenvalue weighted by Crippen LogP contribution is 1.80. The Labute approximate surface area is 54.3 Å². The van der Waals surface area contributed by atoms with E-state index in [4.69, 9.17) is 4.74 Å². The molecule has 0 atom stereocenters. The highest BCUT2D eigenvalue weighted by atomic mass is 16.5. The van der Waals surface area contributed by atoms with Crippen LogP contribution in [0.5, 0.6) is 0 Å². The van der Waals surface area contributed by atoms with E-state index in [0.717, 1.165) is 0 Å². The first-order valence-electron chi connectivity index (χ1n) is 2.71. The van der Waals surface area contributed by atoms with Crippen LogP contribution in [-0.4, -0.2) is 12.6 Å². The van der Waals surface area contributed by atoms with Crippen LogP contribution in [-0.2, 0) is 14.3 Å². The van der Waals surface area contributed by atoms with Crippen molar-refractivity contribution in [3.63, 3.8) is 0 Å². The van der Waals surface area contributed by atoms with Crippen molar-refractivity contribution < 1.29 is 14.3 Å². The van der Waals surface area contributed by atoms with Gasteiger partial charge in [0.05, 0.1) is 6.61 Å². The van der Waals surface area contributed by atoms with Crippen molar-refractivity contribution in [3.05, 3.63) is 12.5 Å². The lowest BCUT2D eigenvalue weighted by Gasteiger charge is -1.91. The minimum atomic E-state index is -0.342. The van der Waals surface area contributed by atoms with Gasteiger partial charge in [0.15, 0.2) is 0 Å². The molecular weight excluding hydrogens is 120 g/mol. The summed E-state index contributed by atoms with van der Waals surface area (Å²) < 4.78 is 9.13. The largest absolute Gasteiger partial charge is 0.498 e. The van der Waals surface area contributed by atoms with Gasteiger partial charge in [-0.15, -0.1) is 0 Å². The first-order valence-corrected chi connectivity index (χ1v) is 2.71. The van der Waals surface area contributed by atoms with E-state index in [-0.39, 0.29) is 5.97 Å². The molecule has 0 aromatic heterocycles. The molecule has 0 fully saturated rings. The van der Waals surface area contributed by atoms with E-state index >= 15 is 0 Å². The second-order valence-corrected chi connectivity index (χ2v) is 1.34. The number of hydrogen-bond donors (Lipinski definition) is 0. The maximum atomic E-state index is 10.1. The van der Waals surface area contributed by atoms with Crippen LogP contribution in [0.25, 0.3) is 0 Å². The average Bonchev–Trinajstić information content (AvgIpc) is 1.80. The van der Waals surface area contributed by atoms with Crippen LogP contribution in [0.4, 0.5) is 0 Å². The lowest BCUT2D eigenvalue weighted by molar-refractivity contribution is -0.135. The normalized spacial score (nSPS) is 9.56. The van der Waals surface area contributed by atoms with Gasteiger partial charge in [-0.3, -0.25) is 4.79 Å². The van der Waals surface area contributed by atoms with E-state index in [0.29, 0.717) is 6.61 Å². The number of ether oxygens (including phenoxy) is 2. The van der Waals surface area contributed by atoms with Crippen molar-refractivity contribution in [2.75, 3.05) is 6.61 Å². The molecule has 3 nitrogen and oxygen atoms in total. The molecule has 52 valence electrons. The molecule has 0 saturated carbocycles. The van der Waals surface area contributed by atoms with Crippen LogP contribution in [0.3, 0.4) is 0 Å². The second kappa shape index (κ2) is 5.15. The molecule has 0 unspecified atom stereocenters. The molecule has 0 spiro atoms. The number of carbonyl (C=O) groups excluding carboxylic acids is 1. The molecule has 0 heterocycles. The van der Waals surface area contributed by atoms with Gasteiger partial charge in [0.2, 0.25) is 0 Å². The van der Waals surface area contributed by atoms with E-state index in [9.17, 15) is 4.79 Å². The first-order chi connectivity index (χ1) is 4.27. The fraction of sp³-hybridized carbons (Fsp3) is 0.500. The summed E-state index contributed by atoms with van der Waals surface area (Å²) in [5, 5.41) is 0. The van der Waals surface area contributed by atoms with Crippen LogP contribution in [0.1, 0.15) is 13.8 Å². The van der Waals surface area contributed by atoms with E-state index in [1.165, 1.54) is 19.4 Å². The summed E-state index contributed by atoms with van der Waals surface area (Å²) in [5.74, 6) is -0.342. The molecule has 0 radical (unpaired) electrons. The van der Waals surface area contributed by atoms with Crippen LogP contribution in [0.15, 0.2) is 12.5 Å². The molecule has 0 bridgehead atoms. The molecule has 0 aliphatic carbocycles. The predicted octanol–water partition coefficient (Wildman–Crippen LogP) is 1.06. The van der Waals surface area contributed by atoms with Crippen molar-refractivity contribution in [3.8, 4) is 0 Å². The standard InChI is InChI=1S/C6H10O3/c1-3-8-4-5-9-6(2)7/h4-5H,3H2,1-2H3. The molecule has 0 aromatic rings. The van der Waals surface area contributed by atoms with Crippen molar-refractivity contribution in [2.45, 2.75) is 13.8 Å². The van der Waals surface area contributed by atoms with Gasteiger partial charge in [0.25, 0.3) is 0 Å². The van der Waals surface area contributed by atoms with E-state index in [1.54, 1.807) is 0 Å². The zero-order chi connectivity index (χ0) is 7.11. The molecule has 3 heteroatoms. The minimum absolute atomic E-state index is 0.342. The third kappa shape index (κ3) is 7.01. The maximum absolute atomic E-state index is 10.1. The van der Waals surface area contributed by atoms with Gasteiger partial charge in [0.1, 0.15) is 12.5 Å². The van der Waals surface area contributed by atoms with Crippen molar-refractivity contribution in [1.82, 2.24) is 0 Å². The molecule has 9 heavy (non-hydrogen) atoms. The summed E-state index contributed by atoms with van der Waals surface area (Å²) in [6.07, 6.45) is 2.55. The van der Waals surface area contributed by atoms with Gasteiger partial charge >= 0.3 is 5.97 Å². The fourth-order valence-corrected chi connectivity index (χ4v) is 0.259. The van der Waals surface area contributed by atoms with Gasteiger partial charge < -0.3 is 9.47 Å². The van der Waals surface area contributed by atoms with E-state index in [2.05, 4.69) is 4.74 Å². The third-order valence-electron chi connectivity index (χ3n) is 0.552. The summed E-state index contributed by atoms with van der Waals surface area (Å²) in [6.45, 7) is 3.76. The summed E-state index contributed by atoms with van der Waals surface area (Å²) in [6, 6.07) is 0. The lowest BCUT2D eigenvalue weighted by Crippen LogP contribution is -1.89. The summed E-state index contributed by atoms with van der Waals surface area (Å²) in [4.78, 5) is 10.1. The van der Waals surface area contributed by atoms with Gasteiger partial charge in [-0.25, -0.2) is 0 Å². The monoisotopic (exact) mass is 130 g/mol. The van der Waals surface area contributed by atoms with Crippen molar-refractivity contribution in [1.29, 1.82) is 0 Å². The zero-order valence-corrected chi connectivity index (χ0v) is 5.59. The van der Waals surface area contributed by atoms with Crippen molar-refractivity contribution >= 4 is 5.97 Å². The Morgan fingerprint density at radius 2 is 2.22 bits per heavy atom. The van der Waals surface area contributed by atoms with Crippen molar-refractivity contribution in [2.24, 2.45) is 0 Å². The number of rotatable bonds is 3. The Morgan fingerprint density at radius 3 is 2.67 bits per heavy atom. The van der Waals surface area contributed by atoms with Crippen LogP contribution < -0.4 is 0 Å². The zero-order valence-electron chi connectivity index (χ0n) is 5.59. The SMILES string of the molecule is CCOC=COC(C)=O. The topological polar surface area (TPSA) is 35.5 Å². The Kier molecular flexibility index (Phi) is 4.59. The highest BCUT2D eigenvalue weighted by molar-refractivity contribution is 5.66. The average molecular weight is 130 g/mol. The molecule has 0 saturated heterocycles. The van der Waals surface area contributed by atoms with Crippen LogP contribution >= 0.6 is 0 Å². The van der Waals surface area contributed by atoms with E-state index in [1.807, 2.05) is 6.92 Å². The van der Waals surface area contributed by atoms with Gasteiger partial charge in [-0.1, -0.05) is 0 Å². The number of esters is 1. The van der Waals surface area contributed by atoms with Crippen LogP contribution in [0.2, 0.25) is 0 Å². The first kappa shape index (κ1) is 8.01. The van der Waals surface area contributed by atoms with Gasteiger partial charge in [-0.2, -0.15) is 0 Å². The highest BCUT2D eigenvalue weighted by Gasteiger charge is 1.82. The second-order valence-electron chi connectivity index (χ2n) is 1.34. The number of carbonyl (C=O) groups is 1. The molecular formula is C6H10O3. The maximum Gasteiger partial charge on any atom is 0.307 e. The Hall–Kier alpha value is -0.990. The third-order valence-corrected chi connectivity index (χ3v) is 0.552. The number of hydrogen-bond acceptors (Lipinski definition) is 3. The minimum Gasteiger partial charge on any atom is -0.498 e. The van der Waals surface area contributed by atoms with Gasteiger partial charge in [-0.05, 0) is 6.92 Å². The summed E-state index contributed by atoms with van der Waals surface area (Å²) in [5.41, 5.74) is 0. The fourth-order valence-electron chi connectivity index (χ4n) is 0.259. The van der Waals surface area contributed by atoms with Gasteiger partial charge in [0, 0.05) is 6.92 Å². The summed E-state index contributed by atoms with van der Waals surface area (Å²) >= 11 is 0. The predicted molar refractivity (Wildman–Crippen MR) is 32.5 cm³/mol. The molecule has 0 rings (SSSR count). The molecule has 0 aliphatic rings. The molecule has 0 N–H and O–H groups in total. The molecule has 0 aliphatic heterocycles. The summed E-state index contributed by atoms with van der Waals surface area (Å²) in [7, 11) is 0. The van der Waals surface area contributed by atoms with E-state index < -0.39 is 0 Å². The lowest BCUT2D eigenvalue weighted by atomic mass is 10.8. The quantitative estimate of drug-likeness (QED) is 0.423. The smallest absolute Gasteiger partial charge is 0.307 e. The Bertz CT molecular complexity index is 107. The molecule has 0 aromatic carbocycles.